The summed E-state index contributed by atoms with van der Waals surface area (Å²) in [4.78, 5) is 4.39. The smallest absolute Gasteiger partial charge is 0.201 e. The highest BCUT2D eigenvalue weighted by Gasteiger charge is 2.14. The third-order valence-electron chi connectivity index (χ3n) is 2.45. The van der Waals surface area contributed by atoms with Crippen molar-refractivity contribution in [3.05, 3.63) is 66.4 Å². The molecule has 0 atom stereocenters. The molecule has 0 saturated heterocycles. The Morgan fingerprint density at radius 3 is 2.65 bits per heavy atom. The van der Waals surface area contributed by atoms with Crippen LogP contribution in [0, 0.1) is 0 Å². The molecular weight excluding hydrogens is 226 g/mol. The van der Waals surface area contributed by atoms with E-state index in [2.05, 4.69) is 29.8 Å². The second kappa shape index (κ2) is 5.51. The van der Waals surface area contributed by atoms with Gasteiger partial charge in [0, 0.05) is 13.1 Å². The summed E-state index contributed by atoms with van der Waals surface area (Å²) in [5.74, 6) is 0. The van der Waals surface area contributed by atoms with Crippen LogP contribution in [0.3, 0.4) is 0 Å². The Morgan fingerprint density at radius 1 is 1.18 bits per heavy atom. The summed E-state index contributed by atoms with van der Waals surface area (Å²) in [6.45, 7) is 6.18. The van der Waals surface area contributed by atoms with E-state index in [4.69, 9.17) is 0 Å². The standard InChI is InChI=1S/C15H14NS/c1-3-17-15-14(10-7-11-16-15)12(2)13-8-5-4-6-9-13/h3-11H,2H2,1H3/q+1. The van der Waals surface area contributed by atoms with Crippen LogP contribution in [0.1, 0.15) is 18.1 Å². The normalized spacial score (nSPS) is 10.6. The molecule has 84 valence electrons. The number of nitrogens with zero attached hydrogens (tertiary/aromatic N) is 1. The van der Waals surface area contributed by atoms with Gasteiger partial charge in [-0.15, -0.1) is 0 Å². The van der Waals surface area contributed by atoms with Gasteiger partial charge in [-0.25, -0.2) is 4.98 Å². The molecule has 0 radical (unpaired) electrons. The summed E-state index contributed by atoms with van der Waals surface area (Å²) in [6, 6.07) is 14.2. The molecule has 1 heterocycles. The molecule has 0 fully saturated rings. The molecule has 0 aliphatic rings. The van der Waals surface area contributed by atoms with Crippen molar-refractivity contribution in [2.45, 2.75) is 11.9 Å². The Balaban J connectivity index is 2.44. The molecule has 0 spiro atoms. The first-order valence-corrected chi connectivity index (χ1v) is 6.35. The summed E-state index contributed by atoms with van der Waals surface area (Å²) in [5.41, 5.74) is 3.25. The van der Waals surface area contributed by atoms with Gasteiger partial charge in [-0.05, 0) is 23.3 Å². The molecule has 0 aliphatic heterocycles. The molecule has 17 heavy (non-hydrogen) atoms. The van der Waals surface area contributed by atoms with E-state index in [1.807, 2.05) is 42.8 Å². The Hall–Kier alpha value is -1.80. The van der Waals surface area contributed by atoms with Gasteiger partial charge in [0.2, 0.25) is 11.4 Å². The van der Waals surface area contributed by atoms with E-state index >= 15 is 0 Å². The van der Waals surface area contributed by atoms with Gasteiger partial charge in [0.05, 0.1) is 5.56 Å². The fourth-order valence-electron chi connectivity index (χ4n) is 1.62. The molecule has 0 saturated carbocycles. The molecule has 0 unspecified atom stereocenters. The number of hydrogen-bond donors (Lipinski definition) is 0. The summed E-state index contributed by atoms with van der Waals surface area (Å²) in [5, 5.41) is 3.04. The molecule has 0 aliphatic carbocycles. The van der Waals surface area contributed by atoms with E-state index in [0.29, 0.717) is 0 Å². The molecular formula is C15H14NS+. The first kappa shape index (κ1) is 11.7. The van der Waals surface area contributed by atoms with Gasteiger partial charge in [-0.1, -0.05) is 36.9 Å². The Kier molecular flexibility index (Phi) is 3.78. The Morgan fingerprint density at radius 2 is 1.94 bits per heavy atom. The van der Waals surface area contributed by atoms with E-state index in [-0.39, 0.29) is 0 Å². The third-order valence-corrected chi connectivity index (χ3v) is 3.23. The molecule has 2 rings (SSSR count). The third kappa shape index (κ3) is 2.66. The quantitative estimate of drug-likeness (QED) is 0.592. The van der Waals surface area contributed by atoms with Gasteiger partial charge in [0.15, 0.2) is 5.37 Å². The number of hydrogen-bond acceptors (Lipinski definition) is 1. The number of pyridine rings is 1. The van der Waals surface area contributed by atoms with Crippen LogP contribution in [0.25, 0.3) is 5.57 Å². The highest BCUT2D eigenvalue weighted by atomic mass is 32.1. The van der Waals surface area contributed by atoms with Crippen molar-refractivity contribution in [3.63, 3.8) is 0 Å². The fraction of sp³-hybridized carbons (Fsp3) is 0.0667. The van der Waals surface area contributed by atoms with Crippen molar-refractivity contribution in [2.75, 3.05) is 0 Å². The zero-order valence-electron chi connectivity index (χ0n) is 9.76. The SMILES string of the molecule is C=C(c1ccccc1)c1cccnc1[S+]=CC. The van der Waals surface area contributed by atoms with Crippen molar-refractivity contribution in [1.29, 1.82) is 0 Å². The molecule has 0 amide bonds. The van der Waals surface area contributed by atoms with Gasteiger partial charge < -0.3 is 0 Å². The predicted octanol–water partition coefficient (Wildman–Crippen LogP) is 3.41. The molecule has 1 aromatic heterocycles. The number of aromatic nitrogens is 1. The lowest BCUT2D eigenvalue weighted by molar-refractivity contribution is 1.12. The summed E-state index contributed by atoms with van der Waals surface area (Å²) < 4.78 is 0. The van der Waals surface area contributed by atoms with E-state index in [9.17, 15) is 0 Å². The maximum absolute atomic E-state index is 4.39. The van der Waals surface area contributed by atoms with Gasteiger partial charge in [-0.2, -0.15) is 0 Å². The highest BCUT2D eigenvalue weighted by Crippen LogP contribution is 2.23. The molecule has 1 aromatic carbocycles. The van der Waals surface area contributed by atoms with Gasteiger partial charge in [0.25, 0.3) is 0 Å². The molecule has 2 aromatic rings. The molecule has 0 bridgehead atoms. The van der Waals surface area contributed by atoms with Gasteiger partial charge >= 0.3 is 5.03 Å². The van der Waals surface area contributed by atoms with Gasteiger partial charge in [0.1, 0.15) is 0 Å². The molecule has 0 N–H and O–H groups in total. The van der Waals surface area contributed by atoms with Crippen LogP contribution in [-0.4, -0.2) is 10.4 Å². The fourth-order valence-corrected chi connectivity index (χ4v) is 2.28. The summed E-state index contributed by atoms with van der Waals surface area (Å²) in [6.07, 6.45) is 1.81. The zero-order chi connectivity index (χ0) is 12.1. The predicted molar refractivity (Wildman–Crippen MR) is 76.2 cm³/mol. The maximum Gasteiger partial charge on any atom is 0.330 e. The molecule has 2 heteroatoms. The number of benzene rings is 1. The minimum atomic E-state index is 1.00. The lowest BCUT2D eigenvalue weighted by Crippen LogP contribution is -1.93. The van der Waals surface area contributed by atoms with Crippen molar-refractivity contribution >= 4 is 22.3 Å². The van der Waals surface area contributed by atoms with Crippen LogP contribution in [0.2, 0.25) is 0 Å². The van der Waals surface area contributed by atoms with E-state index in [1.165, 1.54) is 0 Å². The van der Waals surface area contributed by atoms with Crippen molar-refractivity contribution in [2.24, 2.45) is 0 Å². The van der Waals surface area contributed by atoms with E-state index < -0.39 is 0 Å². The second-order valence-electron chi connectivity index (χ2n) is 3.55. The van der Waals surface area contributed by atoms with Crippen LogP contribution in [-0.2, 0) is 11.4 Å². The van der Waals surface area contributed by atoms with E-state index in [1.54, 1.807) is 11.4 Å². The average molecular weight is 240 g/mol. The minimum Gasteiger partial charge on any atom is -0.201 e. The van der Waals surface area contributed by atoms with E-state index in [0.717, 1.165) is 21.7 Å². The van der Waals surface area contributed by atoms with Crippen molar-refractivity contribution in [1.82, 2.24) is 4.98 Å². The van der Waals surface area contributed by atoms with Crippen molar-refractivity contribution < 1.29 is 0 Å². The second-order valence-corrected chi connectivity index (χ2v) is 4.65. The topological polar surface area (TPSA) is 12.9 Å². The first-order valence-electron chi connectivity index (χ1n) is 5.47. The van der Waals surface area contributed by atoms with Gasteiger partial charge in [-0.3, -0.25) is 0 Å². The molecule has 1 nitrogen and oxygen atoms in total. The van der Waals surface area contributed by atoms with Crippen LogP contribution < -0.4 is 0 Å². The monoisotopic (exact) mass is 240 g/mol. The Bertz CT molecular complexity index is 544. The van der Waals surface area contributed by atoms with Crippen molar-refractivity contribution in [3.8, 4) is 0 Å². The van der Waals surface area contributed by atoms with Crippen LogP contribution in [0.15, 0.2) is 60.3 Å². The lowest BCUT2D eigenvalue weighted by Gasteiger charge is -2.04. The zero-order valence-corrected chi connectivity index (χ0v) is 10.6. The van der Waals surface area contributed by atoms with Crippen LogP contribution in [0.4, 0.5) is 0 Å². The lowest BCUT2D eigenvalue weighted by atomic mass is 10.0. The number of rotatable bonds is 3. The first-order chi connectivity index (χ1) is 8.33. The minimum absolute atomic E-state index is 1.00. The maximum atomic E-state index is 4.39. The summed E-state index contributed by atoms with van der Waals surface area (Å²) >= 11 is 1.63. The van der Waals surface area contributed by atoms with Crippen LogP contribution in [0.5, 0.6) is 0 Å². The summed E-state index contributed by atoms with van der Waals surface area (Å²) in [7, 11) is 0. The largest absolute Gasteiger partial charge is 0.330 e. The Labute approximate surface area is 106 Å². The highest BCUT2D eigenvalue weighted by molar-refractivity contribution is 7.77. The van der Waals surface area contributed by atoms with Crippen LogP contribution >= 0.6 is 0 Å². The average Bonchev–Trinajstić information content (AvgIpc) is 2.40.